The van der Waals surface area contributed by atoms with Crippen molar-refractivity contribution in [2.75, 3.05) is 11.4 Å². The van der Waals surface area contributed by atoms with Gasteiger partial charge in [0.15, 0.2) is 0 Å². The molecule has 0 aliphatic heterocycles. The Labute approximate surface area is 130 Å². The molecule has 1 unspecified atom stereocenters. The first-order valence-corrected chi connectivity index (χ1v) is 7.25. The Hall–Kier alpha value is -2.62. The summed E-state index contributed by atoms with van der Waals surface area (Å²) in [7, 11) is 0. The van der Waals surface area contributed by atoms with Gasteiger partial charge in [-0.2, -0.15) is 0 Å². The Bertz CT molecular complexity index is 626. The van der Waals surface area contributed by atoms with Crippen LogP contribution in [0.2, 0.25) is 0 Å². The van der Waals surface area contributed by atoms with Gasteiger partial charge in [-0.3, -0.25) is 9.59 Å². The van der Waals surface area contributed by atoms with Crippen molar-refractivity contribution >= 4 is 17.5 Å². The molecule has 1 N–H and O–H groups in total. The summed E-state index contributed by atoms with van der Waals surface area (Å²) in [6, 6.07) is 18.8. The number of benzene rings is 2. The summed E-state index contributed by atoms with van der Waals surface area (Å²) in [5.41, 5.74) is 1.75. The number of carbonyl (C=O) groups is 2. The standard InChI is InChI=1S/C18H20N2O2/c1-14(16-9-5-3-6-10-16)19-18(22)13-20(15(2)21)17-11-7-4-8-12-17/h3-12,14H,13H2,1-2H3,(H,19,22). The molecule has 2 amide bonds. The number of amides is 2. The van der Waals surface area contributed by atoms with Crippen molar-refractivity contribution in [2.24, 2.45) is 0 Å². The maximum absolute atomic E-state index is 12.2. The molecule has 2 aromatic carbocycles. The van der Waals surface area contributed by atoms with E-state index < -0.39 is 0 Å². The van der Waals surface area contributed by atoms with Gasteiger partial charge >= 0.3 is 0 Å². The highest BCUT2D eigenvalue weighted by Crippen LogP contribution is 2.14. The van der Waals surface area contributed by atoms with Crippen LogP contribution in [0.1, 0.15) is 25.5 Å². The molecule has 1 atom stereocenters. The third-order valence-electron chi connectivity index (χ3n) is 3.43. The molecule has 0 bridgehead atoms. The van der Waals surface area contributed by atoms with Gasteiger partial charge in [-0.1, -0.05) is 48.5 Å². The number of rotatable bonds is 5. The zero-order valence-corrected chi connectivity index (χ0v) is 12.8. The van der Waals surface area contributed by atoms with Crippen LogP contribution in [0.15, 0.2) is 60.7 Å². The largest absolute Gasteiger partial charge is 0.348 e. The minimum atomic E-state index is -0.185. The molecule has 0 saturated carbocycles. The van der Waals surface area contributed by atoms with Gasteiger partial charge in [-0.05, 0) is 24.6 Å². The number of anilines is 1. The van der Waals surface area contributed by atoms with Crippen LogP contribution < -0.4 is 10.2 Å². The third-order valence-corrected chi connectivity index (χ3v) is 3.43. The molecule has 4 heteroatoms. The molecule has 22 heavy (non-hydrogen) atoms. The van der Waals surface area contributed by atoms with Crippen molar-refractivity contribution in [3.8, 4) is 0 Å². The van der Waals surface area contributed by atoms with Crippen molar-refractivity contribution in [3.05, 3.63) is 66.2 Å². The third kappa shape index (κ3) is 4.19. The van der Waals surface area contributed by atoms with Gasteiger partial charge in [0, 0.05) is 12.6 Å². The van der Waals surface area contributed by atoms with E-state index in [0.717, 1.165) is 11.3 Å². The lowest BCUT2D eigenvalue weighted by Gasteiger charge is -2.22. The van der Waals surface area contributed by atoms with E-state index in [2.05, 4.69) is 5.32 Å². The Morgan fingerprint density at radius 3 is 2.09 bits per heavy atom. The average molecular weight is 296 g/mol. The highest BCUT2D eigenvalue weighted by Gasteiger charge is 2.17. The molecule has 2 rings (SSSR count). The Kier molecular flexibility index (Phi) is 5.31. The van der Waals surface area contributed by atoms with Crippen molar-refractivity contribution in [1.82, 2.24) is 5.32 Å². The van der Waals surface area contributed by atoms with Gasteiger partial charge in [0.05, 0.1) is 6.04 Å². The molecule has 0 radical (unpaired) electrons. The predicted molar refractivity (Wildman–Crippen MR) is 87.5 cm³/mol. The second-order valence-electron chi connectivity index (χ2n) is 5.14. The molecule has 0 aliphatic carbocycles. The lowest BCUT2D eigenvalue weighted by Crippen LogP contribution is -2.40. The molecular weight excluding hydrogens is 276 g/mol. The monoisotopic (exact) mass is 296 g/mol. The molecule has 0 spiro atoms. The van der Waals surface area contributed by atoms with Crippen LogP contribution in [0.25, 0.3) is 0 Å². The molecule has 0 aliphatic rings. The normalized spacial score (nSPS) is 11.5. The molecule has 0 heterocycles. The zero-order valence-electron chi connectivity index (χ0n) is 12.8. The van der Waals surface area contributed by atoms with E-state index in [-0.39, 0.29) is 24.4 Å². The molecule has 114 valence electrons. The SMILES string of the molecule is CC(=O)N(CC(=O)NC(C)c1ccccc1)c1ccccc1. The van der Waals surface area contributed by atoms with Crippen LogP contribution in [0.5, 0.6) is 0 Å². The summed E-state index contributed by atoms with van der Waals surface area (Å²) >= 11 is 0. The lowest BCUT2D eigenvalue weighted by molar-refractivity contribution is -0.123. The molecule has 0 aromatic heterocycles. The predicted octanol–water partition coefficient (Wildman–Crippen LogP) is 2.92. The van der Waals surface area contributed by atoms with Crippen LogP contribution in [-0.4, -0.2) is 18.4 Å². The Balaban J connectivity index is 2.02. The molecule has 0 fully saturated rings. The topological polar surface area (TPSA) is 49.4 Å². The fraction of sp³-hybridized carbons (Fsp3) is 0.222. The minimum absolute atomic E-state index is 0.0104. The van der Waals surface area contributed by atoms with E-state index in [1.165, 1.54) is 11.8 Å². The minimum Gasteiger partial charge on any atom is -0.348 e. The van der Waals surface area contributed by atoms with E-state index in [4.69, 9.17) is 0 Å². The Morgan fingerprint density at radius 1 is 1.00 bits per heavy atom. The number of nitrogens with zero attached hydrogens (tertiary/aromatic N) is 1. The van der Waals surface area contributed by atoms with E-state index in [1.807, 2.05) is 67.6 Å². The van der Waals surface area contributed by atoms with E-state index in [0.29, 0.717) is 0 Å². The van der Waals surface area contributed by atoms with Gasteiger partial charge in [-0.15, -0.1) is 0 Å². The van der Waals surface area contributed by atoms with Crippen molar-refractivity contribution < 1.29 is 9.59 Å². The van der Waals surface area contributed by atoms with Crippen LogP contribution in [0.3, 0.4) is 0 Å². The number of nitrogens with one attached hydrogen (secondary N) is 1. The summed E-state index contributed by atoms with van der Waals surface area (Å²) in [5.74, 6) is -0.343. The smallest absolute Gasteiger partial charge is 0.240 e. The number of hydrogen-bond acceptors (Lipinski definition) is 2. The summed E-state index contributed by atoms with van der Waals surface area (Å²) in [5, 5.41) is 2.92. The average Bonchev–Trinajstić information content (AvgIpc) is 2.54. The summed E-state index contributed by atoms with van der Waals surface area (Å²) < 4.78 is 0. The first kappa shape index (κ1) is 15.8. The fourth-order valence-electron chi connectivity index (χ4n) is 2.25. The second kappa shape index (κ2) is 7.41. The van der Waals surface area contributed by atoms with Crippen LogP contribution >= 0.6 is 0 Å². The number of hydrogen-bond donors (Lipinski definition) is 1. The molecule has 2 aromatic rings. The lowest BCUT2D eigenvalue weighted by atomic mass is 10.1. The summed E-state index contributed by atoms with van der Waals surface area (Å²) in [4.78, 5) is 25.5. The van der Waals surface area contributed by atoms with Gasteiger partial charge in [0.2, 0.25) is 11.8 Å². The highest BCUT2D eigenvalue weighted by atomic mass is 16.2. The van der Waals surface area contributed by atoms with E-state index >= 15 is 0 Å². The van der Waals surface area contributed by atoms with Gasteiger partial charge in [-0.25, -0.2) is 0 Å². The fourth-order valence-corrected chi connectivity index (χ4v) is 2.25. The maximum atomic E-state index is 12.2. The van der Waals surface area contributed by atoms with Crippen molar-refractivity contribution in [3.63, 3.8) is 0 Å². The quantitative estimate of drug-likeness (QED) is 0.922. The van der Waals surface area contributed by atoms with Crippen molar-refractivity contribution in [1.29, 1.82) is 0 Å². The van der Waals surface area contributed by atoms with Gasteiger partial charge < -0.3 is 10.2 Å². The second-order valence-corrected chi connectivity index (χ2v) is 5.14. The summed E-state index contributed by atoms with van der Waals surface area (Å²) in [6.45, 7) is 3.39. The van der Waals surface area contributed by atoms with E-state index in [1.54, 1.807) is 0 Å². The number of carbonyl (C=O) groups excluding carboxylic acids is 2. The van der Waals surface area contributed by atoms with Crippen molar-refractivity contribution in [2.45, 2.75) is 19.9 Å². The zero-order chi connectivity index (χ0) is 15.9. The maximum Gasteiger partial charge on any atom is 0.240 e. The van der Waals surface area contributed by atoms with Crippen LogP contribution in [0.4, 0.5) is 5.69 Å². The Morgan fingerprint density at radius 2 is 1.55 bits per heavy atom. The van der Waals surface area contributed by atoms with E-state index in [9.17, 15) is 9.59 Å². The summed E-state index contributed by atoms with van der Waals surface area (Å²) in [6.07, 6.45) is 0. The first-order chi connectivity index (χ1) is 10.6. The van der Waals surface area contributed by atoms with Gasteiger partial charge in [0.1, 0.15) is 6.54 Å². The molecule has 4 nitrogen and oxygen atoms in total. The molecular formula is C18H20N2O2. The highest BCUT2D eigenvalue weighted by molar-refractivity contribution is 5.97. The van der Waals surface area contributed by atoms with Crippen LogP contribution in [0, 0.1) is 0 Å². The first-order valence-electron chi connectivity index (χ1n) is 7.25. The van der Waals surface area contributed by atoms with Gasteiger partial charge in [0.25, 0.3) is 0 Å². The number of para-hydroxylation sites is 1. The van der Waals surface area contributed by atoms with Crippen LogP contribution in [-0.2, 0) is 9.59 Å². The molecule has 0 saturated heterocycles.